The Morgan fingerprint density at radius 1 is 0.380 bits per heavy atom. The van der Waals surface area contributed by atoms with Gasteiger partial charge >= 0.3 is 0 Å². The molecule has 3 heterocycles. The maximum Gasteiger partial charge on any atom is 0.167 e. The summed E-state index contributed by atoms with van der Waals surface area (Å²) in [5.74, 6) is 1.76. The Labute approximate surface area is 287 Å². The molecule has 0 N–H and O–H groups in total. The number of para-hydroxylation sites is 3. The lowest BCUT2D eigenvalue weighted by Gasteiger charge is -2.12. The second kappa shape index (κ2) is 11.4. The third-order valence-electron chi connectivity index (χ3n) is 9.45. The summed E-state index contributed by atoms with van der Waals surface area (Å²) in [4.78, 5) is 15.2. The summed E-state index contributed by atoms with van der Waals surface area (Å²) in [6.07, 6.45) is 0. The molecule has 7 aromatic carbocycles. The monoisotopic (exact) mass is 640 g/mol. The Bertz CT molecular complexity index is 2870. The summed E-state index contributed by atoms with van der Waals surface area (Å²) in [6.45, 7) is 0. The van der Waals surface area contributed by atoms with Gasteiger partial charge in [-0.25, -0.2) is 15.0 Å². The van der Waals surface area contributed by atoms with Crippen molar-refractivity contribution in [1.82, 2.24) is 19.5 Å². The lowest BCUT2D eigenvalue weighted by atomic mass is 10.0. The van der Waals surface area contributed by atoms with Gasteiger partial charge in [-0.15, -0.1) is 0 Å². The summed E-state index contributed by atoms with van der Waals surface area (Å²) in [5.41, 5.74) is 9.95. The number of furan rings is 1. The summed E-state index contributed by atoms with van der Waals surface area (Å²) in [5, 5.41) is 4.51. The van der Waals surface area contributed by atoms with Crippen LogP contribution in [0.15, 0.2) is 174 Å². The van der Waals surface area contributed by atoms with Gasteiger partial charge in [0.25, 0.3) is 0 Å². The van der Waals surface area contributed by atoms with Gasteiger partial charge in [0.2, 0.25) is 0 Å². The standard InChI is InChI=1S/C45H28N4O/c1-3-13-29(14-4-1)31-25-26-40-38(28-31)34-19-7-9-23-39(34)49(40)33-18-11-17-32(27-33)44-46-43(30-15-5-2-6-16-30)47-45(48-44)37-22-12-21-36-35-20-8-10-24-41(35)50-42(36)37/h1-28H. The maximum atomic E-state index is 6.41. The van der Waals surface area contributed by atoms with E-state index < -0.39 is 0 Å². The second-order valence-electron chi connectivity index (χ2n) is 12.5. The molecule has 0 fully saturated rings. The van der Waals surface area contributed by atoms with Gasteiger partial charge in [0.1, 0.15) is 11.2 Å². The maximum absolute atomic E-state index is 6.41. The van der Waals surface area contributed by atoms with Crippen LogP contribution >= 0.6 is 0 Å². The highest BCUT2D eigenvalue weighted by Crippen LogP contribution is 2.38. The molecular formula is C45H28N4O. The lowest BCUT2D eigenvalue weighted by Crippen LogP contribution is -2.01. The topological polar surface area (TPSA) is 56.7 Å². The third kappa shape index (κ3) is 4.60. The van der Waals surface area contributed by atoms with Crippen LogP contribution in [0.2, 0.25) is 0 Å². The Kier molecular flexibility index (Phi) is 6.42. The minimum Gasteiger partial charge on any atom is -0.455 e. The minimum absolute atomic E-state index is 0.564. The Morgan fingerprint density at radius 2 is 1.00 bits per heavy atom. The van der Waals surface area contributed by atoms with Crippen LogP contribution < -0.4 is 0 Å². The number of hydrogen-bond donors (Lipinski definition) is 0. The quantitative estimate of drug-likeness (QED) is 0.188. The van der Waals surface area contributed by atoms with E-state index in [4.69, 9.17) is 19.4 Å². The number of aromatic nitrogens is 4. The van der Waals surface area contributed by atoms with E-state index >= 15 is 0 Å². The van der Waals surface area contributed by atoms with Crippen LogP contribution in [0.4, 0.5) is 0 Å². The molecule has 3 aromatic heterocycles. The predicted molar refractivity (Wildman–Crippen MR) is 203 cm³/mol. The van der Waals surface area contributed by atoms with Crippen molar-refractivity contribution < 1.29 is 4.42 Å². The average molecular weight is 641 g/mol. The summed E-state index contributed by atoms with van der Waals surface area (Å²) >= 11 is 0. The van der Waals surface area contributed by atoms with Gasteiger partial charge < -0.3 is 8.98 Å². The molecule has 234 valence electrons. The van der Waals surface area contributed by atoms with Gasteiger partial charge in [-0.2, -0.15) is 0 Å². The molecular weight excluding hydrogens is 613 g/mol. The molecule has 0 radical (unpaired) electrons. The average Bonchev–Trinajstić information content (AvgIpc) is 3.74. The van der Waals surface area contributed by atoms with Gasteiger partial charge in [-0.3, -0.25) is 0 Å². The molecule has 0 bridgehead atoms. The molecule has 0 aliphatic rings. The van der Waals surface area contributed by atoms with Crippen LogP contribution in [0.3, 0.4) is 0 Å². The largest absolute Gasteiger partial charge is 0.455 e. The van der Waals surface area contributed by atoms with E-state index in [0.29, 0.717) is 17.5 Å². The summed E-state index contributed by atoms with van der Waals surface area (Å²) < 4.78 is 8.74. The van der Waals surface area contributed by atoms with E-state index in [2.05, 4.69) is 114 Å². The molecule has 0 saturated carbocycles. The van der Waals surface area contributed by atoms with Crippen LogP contribution in [0.1, 0.15) is 0 Å². The highest BCUT2D eigenvalue weighted by atomic mass is 16.3. The molecule has 10 aromatic rings. The van der Waals surface area contributed by atoms with E-state index in [0.717, 1.165) is 55.3 Å². The van der Waals surface area contributed by atoms with Crippen LogP contribution in [-0.2, 0) is 0 Å². The van der Waals surface area contributed by atoms with Gasteiger partial charge in [-0.05, 0) is 53.6 Å². The van der Waals surface area contributed by atoms with Crippen molar-refractivity contribution in [1.29, 1.82) is 0 Å². The van der Waals surface area contributed by atoms with Crippen LogP contribution in [-0.4, -0.2) is 19.5 Å². The zero-order valence-electron chi connectivity index (χ0n) is 26.9. The molecule has 0 aliphatic carbocycles. The van der Waals surface area contributed by atoms with E-state index in [1.165, 1.54) is 21.9 Å². The highest BCUT2D eigenvalue weighted by Gasteiger charge is 2.19. The zero-order chi connectivity index (χ0) is 33.0. The first-order valence-corrected chi connectivity index (χ1v) is 16.7. The molecule has 0 saturated heterocycles. The van der Waals surface area contributed by atoms with Gasteiger partial charge in [0, 0.05) is 38.4 Å². The highest BCUT2D eigenvalue weighted by molar-refractivity contribution is 6.11. The number of fused-ring (bicyclic) bond motifs is 6. The molecule has 0 spiro atoms. The van der Waals surface area contributed by atoms with Crippen molar-refractivity contribution in [3.63, 3.8) is 0 Å². The molecule has 0 amide bonds. The first kappa shape index (κ1) is 28.2. The van der Waals surface area contributed by atoms with Crippen molar-refractivity contribution in [3.05, 3.63) is 170 Å². The van der Waals surface area contributed by atoms with Gasteiger partial charge in [0.05, 0.1) is 16.6 Å². The summed E-state index contributed by atoms with van der Waals surface area (Å²) in [7, 11) is 0. The zero-order valence-corrected chi connectivity index (χ0v) is 26.9. The van der Waals surface area contributed by atoms with Gasteiger partial charge in [-0.1, -0.05) is 127 Å². The Balaban J connectivity index is 1.16. The van der Waals surface area contributed by atoms with E-state index in [9.17, 15) is 0 Å². The van der Waals surface area contributed by atoms with Crippen molar-refractivity contribution in [2.24, 2.45) is 0 Å². The molecule has 0 atom stereocenters. The van der Waals surface area contributed by atoms with E-state index in [1.807, 2.05) is 60.7 Å². The second-order valence-corrected chi connectivity index (χ2v) is 12.5. The van der Waals surface area contributed by atoms with Crippen molar-refractivity contribution in [2.45, 2.75) is 0 Å². The Hall–Kier alpha value is -6.85. The molecule has 0 aliphatic heterocycles. The van der Waals surface area contributed by atoms with Crippen molar-refractivity contribution in [3.8, 4) is 51.0 Å². The molecule has 0 unspecified atom stereocenters. The van der Waals surface area contributed by atoms with E-state index in [-0.39, 0.29) is 0 Å². The number of benzene rings is 7. The Morgan fingerprint density at radius 3 is 1.84 bits per heavy atom. The van der Waals surface area contributed by atoms with Crippen molar-refractivity contribution in [2.75, 3.05) is 0 Å². The molecule has 10 rings (SSSR count). The van der Waals surface area contributed by atoms with Gasteiger partial charge in [0.15, 0.2) is 17.5 Å². The van der Waals surface area contributed by atoms with Crippen LogP contribution in [0, 0.1) is 0 Å². The van der Waals surface area contributed by atoms with Crippen LogP contribution in [0.5, 0.6) is 0 Å². The fourth-order valence-electron chi connectivity index (χ4n) is 7.11. The first-order chi connectivity index (χ1) is 24.8. The summed E-state index contributed by atoms with van der Waals surface area (Å²) in [6, 6.07) is 58.7. The molecule has 50 heavy (non-hydrogen) atoms. The lowest BCUT2D eigenvalue weighted by molar-refractivity contribution is 0.669. The molecule has 5 nitrogen and oxygen atoms in total. The number of nitrogens with zero attached hydrogens (tertiary/aromatic N) is 4. The van der Waals surface area contributed by atoms with Crippen LogP contribution in [0.25, 0.3) is 94.7 Å². The normalized spacial score (nSPS) is 11.6. The molecule has 5 heteroatoms. The smallest absolute Gasteiger partial charge is 0.167 e. The van der Waals surface area contributed by atoms with E-state index in [1.54, 1.807) is 0 Å². The first-order valence-electron chi connectivity index (χ1n) is 16.7. The fraction of sp³-hybridized carbons (Fsp3) is 0. The predicted octanol–water partition coefficient (Wildman–Crippen LogP) is 11.5. The third-order valence-corrected chi connectivity index (χ3v) is 9.45. The fourth-order valence-corrected chi connectivity index (χ4v) is 7.11. The van der Waals surface area contributed by atoms with Crippen molar-refractivity contribution >= 4 is 43.7 Å². The number of hydrogen-bond acceptors (Lipinski definition) is 4. The number of rotatable bonds is 5. The SMILES string of the molecule is c1ccc(-c2ccc3c(c2)c2ccccc2n3-c2cccc(-c3nc(-c4ccccc4)nc(-c4cccc5c4oc4ccccc45)n3)c2)cc1. The minimum atomic E-state index is 0.564.